The van der Waals surface area contributed by atoms with E-state index in [2.05, 4.69) is 17.2 Å². The van der Waals surface area contributed by atoms with Gasteiger partial charge >= 0.3 is 5.97 Å². The standard InChI is InChI=1S/C18H21NO3/c1-3-22-18(20)13-16-17(21-2)12-11-15(19-16)10-9-14-7-5-4-6-8-14/h4-8,12,15-16,19H,3,11,13H2,1-2H3/t15-,16+/m0/s1. The van der Waals surface area contributed by atoms with Crippen molar-refractivity contribution < 1.29 is 14.3 Å². The summed E-state index contributed by atoms with van der Waals surface area (Å²) in [5, 5.41) is 3.35. The van der Waals surface area contributed by atoms with Crippen molar-refractivity contribution in [3.8, 4) is 11.8 Å². The Morgan fingerprint density at radius 2 is 2.14 bits per heavy atom. The predicted molar refractivity (Wildman–Crippen MR) is 85.0 cm³/mol. The van der Waals surface area contributed by atoms with Crippen molar-refractivity contribution in [2.45, 2.75) is 31.8 Å². The summed E-state index contributed by atoms with van der Waals surface area (Å²) >= 11 is 0. The third-order valence-corrected chi connectivity index (χ3v) is 3.38. The third-order valence-electron chi connectivity index (χ3n) is 3.38. The summed E-state index contributed by atoms with van der Waals surface area (Å²) in [5.41, 5.74) is 0.979. The Hall–Kier alpha value is -2.25. The maximum atomic E-state index is 11.7. The number of benzene rings is 1. The summed E-state index contributed by atoms with van der Waals surface area (Å²) in [6, 6.07) is 9.65. The summed E-state index contributed by atoms with van der Waals surface area (Å²) in [7, 11) is 1.61. The zero-order chi connectivity index (χ0) is 15.8. The van der Waals surface area contributed by atoms with Crippen molar-refractivity contribution in [3.63, 3.8) is 0 Å². The number of hydrogen-bond acceptors (Lipinski definition) is 4. The summed E-state index contributed by atoms with van der Waals surface area (Å²) in [4.78, 5) is 11.7. The smallest absolute Gasteiger partial charge is 0.307 e. The van der Waals surface area contributed by atoms with Crippen LogP contribution >= 0.6 is 0 Å². The number of hydrogen-bond donors (Lipinski definition) is 1. The van der Waals surface area contributed by atoms with E-state index in [1.165, 1.54) is 0 Å². The first-order chi connectivity index (χ1) is 10.7. The minimum atomic E-state index is -0.236. The molecule has 0 saturated heterocycles. The molecule has 4 heteroatoms. The van der Waals surface area contributed by atoms with E-state index in [1.807, 2.05) is 36.4 Å². The molecule has 1 aromatic carbocycles. The third kappa shape index (κ3) is 4.64. The number of methoxy groups -OCH3 is 1. The molecule has 2 rings (SSSR count). The van der Waals surface area contributed by atoms with Crippen LogP contribution in [-0.4, -0.2) is 31.8 Å². The minimum absolute atomic E-state index is 0.00136. The molecule has 1 aromatic rings. The van der Waals surface area contributed by atoms with Gasteiger partial charge in [-0.3, -0.25) is 10.1 Å². The second-order valence-corrected chi connectivity index (χ2v) is 4.96. The number of carbonyl (C=O) groups is 1. The van der Waals surface area contributed by atoms with Crippen molar-refractivity contribution in [2.24, 2.45) is 0 Å². The van der Waals surface area contributed by atoms with E-state index in [9.17, 15) is 4.79 Å². The summed E-state index contributed by atoms with van der Waals surface area (Å²) < 4.78 is 10.3. The molecular formula is C18H21NO3. The quantitative estimate of drug-likeness (QED) is 0.684. The Morgan fingerprint density at radius 3 is 2.82 bits per heavy atom. The maximum absolute atomic E-state index is 11.7. The van der Waals surface area contributed by atoms with Gasteiger partial charge in [0.2, 0.25) is 0 Å². The maximum Gasteiger partial charge on any atom is 0.307 e. The van der Waals surface area contributed by atoms with E-state index in [0.717, 1.165) is 17.7 Å². The highest BCUT2D eigenvalue weighted by molar-refractivity contribution is 5.70. The number of ether oxygens (including phenoxy) is 2. The van der Waals surface area contributed by atoms with E-state index < -0.39 is 0 Å². The Balaban J connectivity index is 2.03. The molecule has 0 fully saturated rings. The molecule has 1 heterocycles. The van der Waals surface area contributed by atoms with Gasteiger partial charge in [0.1, 0.15) is 5.76 Å². The number of carbonyl (C=O) groups excluding carboxylic acids is 1. The summed E-state index contributed by atoms with van der Waals surface area (Å²) in [5.74, 6) is 6.88. The van der Waals surface area contributed by atoms with Crippen LogP contribution in [0.3, 0.4) is 0 Å². The zero-order valence-corrected chi connectivity index (χ0v) is 13.0. The fourth-order valence-corrected chi connectivity index (χ4v) is 2.33. The van der Waals surface area contributed by atoms with Gasteiger partial charge < -0.3 is 9.47 Å². The monoisotopic (exact) mass is 299 g/mol. The molecule has 0 spiro atoms. The molecule has 4 nitrogen and oxygen atoms in total. The van der Waals surface area contributed by atoms with E-state index in [-0.39, 0.29) is 24.5 Å². The van der Waals surface area contributed by atoms with Crippen LogP contribution in [-0.2, 0) is 14.3 Å². The van der Waals surface area contributed by atoms with E-state index in [1.54, 1.807) is 14.0 Å². The van der Waals surface area contributed by atoms with Crippen LogP contribution in [0.5, 0.6) is 0 Å². The van der Waals surface area contributed by atoms with Gasteiger partial charge in [0.15, 0.2) is 0 Å². The van der Waals surface area contributed by atoms with Crippen LogP contribution in [0, 0.1) is 11.8 Å². The van der Waals surface area contributed by atoms with Crippen molar-refractivity contribution >= 4 is 5.97 Å². The molecule has 116 valence electrons. The number of rotatable bonds is 4. The first-order valence-corrected chi connectivity index (χ1v) is 7.45. The fraction of sp³-hybridized carbons (Fsp3) is 0.389. The van der Waals surface area contributed by atoms with Crippen LogP contribution < -0.4 is 5.32 Å². The molecular weight excluding hydrogens is 278 g/mol. The number of esters is 1. The van der Waals surface area contributed by atoms with Crippen LogP contribution in [0.2, 0.25) is 0 Å². The molecule has 2 atom stereocenters. The second-order valence-electron chi connectivity index (χ2n) is 4.96. The van der Waals surface area contributed by atoms with Gasteiger partial charge in [-0.15, -0.1) is 0 Å². The normalized spacial score (nSPS) is 20.4. The molecule has 0 unspecified atom stereocenters. The highest BCUT2D eigenvalue weighted by atomic mass is 16.5. The van der Waals surface area contributed by atoms with Crippen LogP contribution in [0.15, 0.2) is 42.2 Å². The average molecular weight is 299 g/mol. The van der Waals surface area contributed by atoms with Crippen LogP contribution in [0.4, 0.5) is 0 Å². The van der Waals surface area contributed by atoms with Crippen LogP contribution in [0.25, 0.3) is 0 Å². The van der Waals surface area contributed by atoms with Crippen molar-refractivity contribution in [2.75, 3.05) is 13.7 Å². The number of nitrogens with one attached hydrogen (secondary N) is 1. The van der Waals surface area contributed by atoms with Gasteiger partial charge in [0, 0.05) is 5.56 Å². The fourth-order valence-electron chi connectivity index (χ4n) is 2.33. The molecule has 0 bridgehead atoms. The predicted octanol–water partition coefficient (Wildman–Crippen LogP) is 2.25. The minimum Gasteiger partial charge on any atom is -0.500 e. The van der Waals surface area contributed by atoms with Crippen molar-refractivity contribution in [1.82, 2.24) is 5.32 Å². The Labute approximate surface area is 131 Å². The lowest BCUT2D eigenvalue weighted by Gasteiger charge is -2.27. The molecule has 1 aliphatic heterocycles. The van der Waals surface area contributed by atoms with Gasteiger partial charge in [-0.05, 0) is 31.6 Å². The zero-order valence-electron chi connectivity index (χ0n) is 13.0. The second kappa shape index (κ2) is 8.26. The van der Waals surface area contributed by atoms with Gasteiger partial charge in [-0.1, -0.05) is 30.0 Å². The lowest BCUT2D eigenvalue weighted by atomic mass is 10.0. The van der Waals surface area contributed by atoms with Gasteiger partial charge in [-0.2, -0.15) is 0 Å². The van der Waals surface area contributed by atoms with E-state index in [0.29, 0.717) is 6.61 Å². The Kier molecular flexibility index (Phi) is 6.05. The largest absolute Gasteiger partial charge is 0.500 e. The molecule has 0 amide bonds. The molecule has 0 radical (unpaired) electrons. The van der Waals surface area contributed by atoms with Crippen LogP contribution in [0.1, 0.15) is 25.3 Å². The highest BCUT2D eigenvalue weighted by Gasteiger charge is 2.26. The molecule has 0 saturated carbocycles. The van der Waals surface area contributed by atoms with E-state index in [4.69, 9.17) is 9.47 Å². The van der Waals surface area contributed by atoms with Gasteiger partial charge in [-0.25, -0.2) is 0 Å². The summed E-state index contributed by atoms with van der Waals surface area (Å²) in [6.07, 6.45) is 2.99. The van der Waals surface area contributed by atoms with Gasteiger partial charge in [0.25, 0.3) is 0 Å². The van der Waals surface area contributed by atoms with E-state index >= 15 is 0 Å². The topological polar surface area (TPSA) is 47.6 Å². The molecule has 0 aliphatic carbocycles. The molecule has 1 aliphatic rings. The average Bonchev–Trinajstić information content (AvgIpc) is 2.54. The lowest BCUT2D eigenvalue weighted by molar-refractivity contribution is -0.143. The Morgan fingerprint density at radius 1 is 1.36 bits per heavy atom. The molecule has 0 aromatic heterocycles. The molecule has 22 heavy (non-hydrogen) atoms. The first-order valence-electron chi connectivity index (χ1n) is 7.45. The van der Waals surface area contributed by atoms with Crippen molar-refractivity contribution in [3.05, 3.63) is 47.7 Å². The van der Waals surface area contributed by atoms with Crippen molar-refractivity contribution in [1.29, 1.82) is 0 Å². The first kappa shape index (κ1) is 16.1. The summed E-state index contributed by atoms with van der Waals surface area (Å²) in [6.45, 7) is 2.18. The lowest BCUT2D eigenvalue weighted by Crippen LogP contribution is -2.43. The van der Waals surface area contributed by atoms with Gasteiger partial charge in [0.05, 0.1) is 32.2 Å². The Bertz CT molecular complexity index is 583. The highest BCUT2D eigenvalue weighted by Crippen LogP contribution is 2.17. The SMILES string of the molecule is CCOC(=O)C[C@H]1N[C@@H](C#Cc2ccccc2)CC=C1OC. The molecule has 1 N–H and O–H groups in total.